The topological polar surface area (TPSA) is 96.9 Å². The number of fused-ring (bicyclic) bond motifs is 2. The van der Waals surface area contributed by atoms with E-state index in [1.54, 1.807) is 7.11 Å². The fourth-order valence-corrected chi connectivity index (χ4v) is 3.74. The van der Waals surface area contributed by atoms with Crippen LogP contribution in [0.5, 0.6) is 11.6 Å². The zero-order chi connectivity index (χ0) is 19.1. The summed E-state index contributed by atoms with van der Waals surface area (Å²) in [7, 11) is 1.65. The van der Waals surface area contributed by atoms with Gasteiger partial charge in [-0.05, 0) is 22.9 Å². The van der Waals surface area contributed by atoms with E-state index in [9.17, 15) is 5.26 Å². The summed E-state index contributed by atoms with van der Waals surface area (Å²) in [5.41, 5.74) is 9.24. The number of nitriles is 1. The van der Waals surface area contributed by atoms with Gasteiger partial charge in [0.05, 0.1) is 18.6 Å². The predicted molar refractivity (Wildman–Crippen MR) is 102 cm³/mol. The molecule has 0 radical (unpaired) electrons. The maximum Gasteiger partial charge on any atom is 0.244 e. The van der Waals surface area contributed by atoms with Crippen LogP contribution >= 0.6 is 0 Å². The molecule has 6 heteroatoms. The Bertz CT molecular complexity index is 1110. The van der Waals surface area contributed by atoms with E-state index in [2.05, 4.69) is 30.1 Å². The van der Waals surface area contributed by atoms with E-state index in [1.807, 2.05) is 36.4 Å². The van der Waals surface area contributed by atoms with Gasteiger partial charge in [0.2, 0.25) is 11.8 Å². The van der Waals surface area contributed by atoms with Gasteiger partial charge in [-0.1, -0.05) is 44.2 Å². The first-order valence-corrected chi connectivity index (χ1v) is 8.78. The molecule has 0 amide bonds. The number of methoxy groups -OCH3 is 1. The van der Waals surface area contributed by atoms with Crippen molar-refractivity contribution in [3.05, 3.63) is 64.7 Å². The molecule has 0 unspecified atom stereocenters. The molecule has 0 bridgehead atoms. The summed E-state index contributed by atoms with van der Waals surface area (Å²) in [5, 5.41) is 19.2. The highest BCUT2D eigenvalue weighted by molar-refractivity contribution is 5.92. The van der Waals surface area contributed by atoms with Crippen molar-refractivity contribution in [3.8, 4) is 17.7 Å². The van der Waals surface area contributed by atoms with Crippen molar-refractivity contribution in [2.45, 2.75) is 25.7 Å². The number of H-pyrrole nitrogens is 1. The Balaban J connectivity index is 2.06. The van der Waals surface area contributed by atoms with Gasteiger partial charge in [0.15, 0.2) is 0 Å². The highest BCUT2D eigenvalue weighted by atomic mass is 16.5. The Morgan fingerprint density at radius 3 is 2.63 bits per heavy atom. The highest BCUT2D eigenvalue weighted by Crippen LogP contribution is 2.47. The van der Waals surface area contributed by atoms with Crippen molar-refractivity contribution in [2.24, 2.45) is 5.73 Å². The van der Waals surface area contributed by atoms with Crippen molar-refractivity contribution < 1.29 is 9.47 Å². The minimum absolute atomic E-state index is 0.0942. The summed E-state index contributed by atoms with van der Waals surface area (Å²) in [6.07, 6.45) is 0. The van der Waals surface area contributed by atoms with Gasteiger partial charge in [-0.25, -0.2) is 0 Å². The van der Waals surface area contributed by atoms with Gasteiger partial charge >= 0.3 is 0 Å². The Morgan fingerprint density at radius 1 is 1.22 bits per heavy atom. The van der Waals surface area contributed by atoms with E-state index in [1.165, 1.54) is 0 Å². The average Bonchev–Trinajstić information content (AvgIpc) is 3.09. The summed E-state index contributed by atoms with van der Waals surface area (Å²) in [6.45, 7) is 4.15. The second-order valence-electron chi connectivity index (χ2n) is 6.84. The Morgan fingerprint density at radius 2 is 1.96 bits per heavy atom. The molecular weight excluding hydrogens is 340 g/mol. The third kappa shape index (κ3) is 2.51. The number of nitrogens with one attached hydrogen (secondary N) is 1. The number of hydrogen-bond donors (Lipinski definition) is 2. The highest BCUT2D eigenvalue weighted by Gasteiger charge is 2.36. The first-order chi connectivity index (χ1) is 13.1. The molecule has 1 aromatic heterocycles. The number of rotatable bonds is 3. The van der Waals surface area contributed by atoms with E-state index in [0.717, 1.165) is 33.3 Å². The second kappa shape index (κ2) is 6.36. The second-order valence-corrected chi connectivity index (χ2v) is 6.84. The molecule has 3 N–H and O–H groups in total. The summed E-state index contributed by atoms with van der Waals surface area (Å²) in [6, 6.07) is 14.1. The van der Waals surface area contributed by atoms with Crippen LogP contribution in [0.3, 0.4) is 0 Å². The molecule has 0 aliphatic carbocycles. The van der Waals surface area contributed by atoms with E-state index >= 15 is 0 Å². The summed E-state index contributed by atoms with van der Waals surface area (Å²) >= 11 is 0. The summed E-state index contributed by atoms with van der Waals surface area (Å²) in [4.78, 5) is 0. The quantitative estimate of drug-likeness (QED) is 0.738. The standard InChI is InChI=1S/C21H20N4O2/c1-11(2)19-18-17(15(10-22)20(23)27-21(18)25-24-19)14-8-9-16(26-3)13-7-5-4-6-12(13)14/h4-9,11,17H,23H2,1-3H3,(H,24,25)/t17-/m1/s1. The van der Waals surface area contributed by atoms with Crippen LogP contribution in [0.4, 0.5) is 0 Å². The Kier molecular flexibility index (Phi) is 4.00. The maximum atomic E-state index is 9.84. The molecule has 2 heterocycles. The normalized spacial score (nSPS) is 16.2. The molecule has 0 fully saturated rings. The number of ether oxygens (including phenoxy) is 2. The van der Waals surface area contributed by atoms with E-state index in [4.69, 9.17) is 15.2 Å². The number of hydrogen-bond acceptors (Lipinski definition) is 5. The number of benzene rings is 2. The minimum Gasteiger partial charge on any atom is -0.496 e. The van der Waals surface area contributed by atoms with Crippen LogP contribution in [0.1, 0.15) is 42.5 Å². The maximum absolute atomic E-state index is 9.84. The molecule has 6 nitrogen and oxygen atoms in total. The van der Waals surface area contributed by atoms with Gasteiger partial charge in [0.1, 0.15) is 17.4 Å². The van der Waals surface area contributed by atoms with E-state index in [-0.39, 0.29) is 17.7 Å². The van der Waals surface area contributed by atoms with Gasteiger partial charge < -0.3 is 15.2 Å². The zero-order valence-electron chi connectivity index (χ0n) is 15.4. The Labute approximate surface area is 157 Å². The molecule has 3 aromatic rings. The van der Waals surface area contributed by atoms with Crippen LogP contribution in [0.2, 0.25) is 0 Å². The van der Waals surface area contributed by atoms with Gasteiger partial charge in [0.25, 0.3) is 0 Å². The minimum atomic E-state index is -0.356. The summed E-state index contributed by atoms with van der Waals surface area (Å²) < 4.78 is 11.2. The van der Waals surface area contributed by atoms with Crippen LogP contribution in [0.15, 0.2) is 47.9 Å². The number of nitrogens with zero attached hydrogens (tertiary/aromatic N) is 2. The molecule has 1 atom stereocenters. The lowest BCUT2D eigenvalue weighted by Crippen LogP contribution is -2.21. The van der Waals surface area contributed by atoms with Crippen molar-refractivity contribution in [1.82, 2.24) is 10.2 Å². The first-order valence-electron chi connectivity index (χ1n) is 8.78. The number of nitrogens with two attached hydrogens (primary N) is 1. The molecule has 27 heavy (non-hydrogen) atoms. The van der Waals surface area contributed by atoms with Crippen molar-refractivity contribution >= 4 is 10.8 Å². The predicted octanol–water partition coefficient (Wildman–Crippen LogP) is 3.91. The zero-order valence-corrected chi connectivity index (χ0v) is 15.4. The molecule has 1 aliphatic heterocycles. The number of aromatic amines is 1. The SMILES string of the molecule is COc1ccc([C@@H]2C(C#N)=C(N)Oc3n[nH]c(C(C)C)c32)c2ccccc12. The number of aromatic nitrogens is 2. The third-order valence-corrected chi connectivity index (χ3v) is 4.99. The van der Waals surface area contributed by atoms with Gasteiger partial charge in [-0.3, -0.25) is 5.10 Å². The molecular formula is C21H20N4O2. The van der Waals surface area contributed by atoms with Crippen molar-refractivity contribution in [1.29, 1.82) is 5.26 Å². The fraction of sp³-hybridized carbons (Fsp3) is 0.238. The lowest BCUT2D eigenvalue weighted by Gasteiger charge is -2.26. The van der Waals surface area contributed by atoms with Crippen molar-refractivity contribution in [2.75, 3.05) is 7.11 Å². The fourth-order valence-electron chi connectivity index (χ4n) is 3.74. The molecule has 4 rings (SSSR count). The van der Waals surface area contributed by atoms with Gasteiger partial charge in [-0.2, -0.15) is 5.26 Å². The molecule has 0 spiro atoms. The van der Waals surface area contributed by atoms with Crippen LogP contribution in [-0.2, 0) is 0 Å². The van der Waals surface area contributed by atoms with Crippen LogP contribution in [0, 0.1) is 11.3 Å². The van der Waals surface area contributed by atoms with Crippen LogP contribution < -0.4 is 15.2 Å². The molecule has 1 aliphatic rings. The smallest absolute Gasteiger partial charge is 0.244 e. The summed E-state index contributed by atoms with van der Waals surface area (Å²) in [5.74, 6) is 1.15. The van der Waals surface area contributed by atoms with E-state index in [0.29, 0.717) is 11.5 Å². The average molecular weight is 360 g/mol. The lowest BCUT2D eigenvalue weighted by molar-refractivity contribution is 0.378. The van der Waals surface area contributed by atoms with Crippen LogP contribution in [-0.4, -0.2) is 17.3 Å². The largest absolute Gasteiger partial charge is 0.496 e. The van der Waals surface area contributed by atoms with E-state index < -0.39 is 0 Å². The number of allylic oxidation sites excluding steroid dienone is 1. The molecule has 136 valence electrons. The first kappa shape index (κ1) is 17.0. The van der Waals surface area contributed by atoms with Gasteiger partial charge in [0, 0.05) is 11.1 Å². The van der Waals surface area contributed by atoms with Crippen molar-refractivity contribution in [3.63, 3.8) is 0 Å². The van der Waals surface area contributed by atoms with Crippen LogP contribution in [0.25, 0.3) is 10.8 Å². The van der Waals surface area contributed by atoms with Gasteiger partial charge in [-0.15, -0.1) is 5.10 Å². The lowest BCUT2D eigenvalue weighted by atomic mass is 9.80. The third-order valence-electron chi connectivity index (χ3n) is 4.99. The molecule has 2 aromatic carbocycles. The Hall–Kier alpha value is -3.46. The molecule has 0 saturated carbocycles. The monoisotopic (exact) mass is 360 g/mol. The molecule has 0 saturated heterocycles.